The first kappa shape index (κ1) is 29.3. The van der Waals surface area contributed by atoms with Crippen molar-refractivity contribution in [3.8, 4) is 0 Å². The summed E-state index contributed by atoms with van der Waals surface area (Å²) in [5, 5.41) is 22.4. The van der Waals surface area contributed by atoms with Gasteiger partial charge in [-0.1, -0.05) is 25.5 Å². The highest BCUT2D eigenvalue weighted by Gasteiger charge is 2.70. The molecular weight excluding hydrogens is 539 g/mol. The molecule has 11 nitrogen and oxygen atoms in total. The highest BCUT2D eigenvalue weighted by Crippen LogP contribution is 2.68. The second-order valence-corrected chi connectivity index (χ2v) is 12.7. The minimum Gasteiger partial charge on any atom is -0.441 e. The van der Waals surface area contributed by atoms with Crippen molar-refractivity contribution in [3.05, 3.63) is 56.7 Å². The first-order valence-electron chi connectivity index (χ1n) is 13.8. The van der Waals surface area contributed by atoms with Gasteiger partial charge in [0.25, 0.3) is 5.56 Å². The molecule has 3 saturated carbocycles. The zero-order chi connectivity index (χ0) is 30.1. The predicted molar refractivity (Wildman–Crippen MR) is 141 cm³/mol. The van der Waals surface area contributed by atoms with Gasteiger partial charge >= 0.3 is 11.8 Å². The van der Waals surface area contributed by atoms with E-state index in [1.165, 1.54) is 13.8 Å². The molecule has 3 fully saturated rings. The van der Waals surface area contributed by atoms with Crippen LogP contribution in [0, 0.1) is 34.4 Å². The Morgan fingerprint density at radius 1 is 1.22 bits per heavy atom. The molecule has 1 aromatic heterocycles. The standard InChI is InChI=1S/C29H35FN2O9/c1-26(2,39)41-29(21(35)14-40-25(38)32-13-19(30)23(36)31-24(32)37)10-8-18-17-6-5-15-11-16(33)7-9-27(15,3)22(17)20(34)12-28(18,29)4/h7,9,11,13,17-18,20,22,34,39H,5-6,8,10,12,14H2,1-4H3,(H,31,36,37). The summed E-state index contributed by atoms with van der Waals surface area (Å²) in [6.45, 7) is 5.80. The molecule has 0 radical (unpaired) electrons. The van der Waals surface area contributed by atoms with E-state index in [0.717, 1.165) is 5.57 Å². The zero-order valence-corrected chi connectivity index (χ0v) is 23.4. The molecule has 5 rings (SSSR count). The Hall–Kier alpha value is -3.22. The number of allylic oxidation sites excluding steroid dienone is 4. The number of hydrogen-bond acceptors (Lipinski definition) is 9. The van der Waals surface area contributed by atoms with Crippen LogP contribution in [0.2, 0.25) is 0 Å². The van der Waals surface area contributed by atoms with Gasteiger partial charge in [0.1, 0.15) is 5.60 Å². The van der Waals surface area contributed by atoms with Gasteiger partial charge in [0.15, 0.2) is 18.2 Å². The summed E-state index contributed by atoms with van der Waals surface area (Å²) in [5.74, 6) is -4.21. The van der Waals surface area contributed by atoms with E-state index in [1.54, 1.807) is 17.1 Å². The molecule has 0 saturated heterocycles. The highest BCUT2D eigenvalue weighted by molar-refractivity contribution is 6.01. The smallest absolute Gasteiger partial charge is 0.422 e. The van der Waals surface area contributed by atoms with E-state index in [1.807, 2.05) is 19.9 Å². The molecule has 0 aromatic carbocycles. The monoisotopic (exact) mass is 574 g/mol. The molecular formula is C29H35FN2O9. The van der Waals surface area contributed by atoms with Crippen LogP contribution in [0.5, 0.6) is 0 Å². The van der Waals surface area contributed by atoms with Gasteiger partial charge in [-0.15, -0.1) is 0 Å². The summed E-state index contributed by atoms with van der Waals surface area (Å²) in [6, 6.07) is 0. The third-order valence-corrected chi connectivity index (χ3v) is 9.91. The molecule has 4 aliphatic rings. The second kappa shape index (κ2) is 9.67. The third kappa shape index (κ3) is 4.56. The lowest BCUT2D eigenvalue weighted by Gasteiger charge is -2.60. The summed E-state index contributed by atoms with van der Waals surface area (Å²) >= 11 is 0. The van der Waals surface area contributed by atoms with Crippen LogP contribution >= 0.6 is 0 Å². The molecule has 222 valence electrons. The normalized spacial score (nSPS) is 36.2. The number of aliphatic hydroxyl groups is 2. The Kier molecular flexibility index (Phi) is 6.91. The van der Waals surface area contributed by atoms with E-state index in [-0.39, 0.29) is 40.9 Å². The third-order valence-electron chi connectivity index (χ3n) is 9.91. The molecule has 0 spiro atoms. The molecule has 0 bridgehead atoms. The van der Waals surface area contributed by atoms with E-state index >= 15 is 0 Å². The number of rotatable bonds is 5. The number of aromatic amines is 1. The van der Waals surface area contributed by atoms with Gasteiger partial charge in [0.2, 0.25) is 11.6 Å². The van der Waals surface area contributed by atoms with Gasteiger partial charge < -0.3 is 19.7 Å². The summed E-state index contributed by atoms with van der Waals surface area (Å²) in [5.41, 5.74) is -4.69. The molecule has 12 heteroatoms. The largest absolute Gasteiger partial charge is 0.441 e. The van der Waals surface area contributed by atoms with Crippen molar-refractivity contribution >= 4 is 17.7 Å². The number of H-pyrrole nitrogens is 1. The number of ether oxygens (including phenoxy) is 2. The molecule has 3 N–H and O–H groups in total. The predicted octanol–water partition coefficient (Wildman–Crippen LogP) is 1.99. The van der Waals surface area contributed by atoms with E-state index in [2.05, 4.69) is 0 Å². The summed E-state index contributed by atoms with van der Waals surface area (Å²) in [6.07, 6.45) is 5.47. The van der Waals surface area contributed by atoms with Gasteiger partial charge in [-0.2, -0.15) is 4.39 Å². The lowest BCUT2D eigenvalue weighted by molar-refractivity contribution is -0.277. The first-order valence-corrected chi connectivity index (χ1v) is 13.8. The number of nitrogens with zero attached hydrogens (tertiary/aromatic N) is 1. The van der Waals surface area contributed by atoms with Crippen molar-refractivity contribution in [2.24, 2.45) is 28.6 Å². The minimum atomic E-state index is -1.76. The number of hydrogen-bond donors (Lipinski definition) is 3. The quantitative estimate of drug-likeness (QED) is 0.446. The fraction of sp³-hybridized carbons (Fsp3) is 0.621. The second-order valence-electron chi connectivity index (χ2n) is 12.7. The van der Waals surface area contributed by atoms with Crippen LogP contribution in [0.4, 0.5) is 9.18 Å². The molecule has 41 heavy (non-hydrogen) atoms. The van der Waals surface area contributed by atoms with Crippen LogP contribution in [0.25, 0.3) is 0 Å². The SMILES string of the molecule is CC(C)(O)OC1(C(=O)COC(=O)n2cc(F)c(=O)[nH]c2=O)CCC2C3CCC4=CC(=O)C=CC4(C)C3C(O)CC21C. The Balaban J connectivity index is 1.46. The van der Waals surface area contributed by atoms with Crippen molar-refractivity contribution < 1.29 is 38.5 Å². The molecule has 1 aromatic rings. The number of carbonyl (C=O) groups excluding carboxylic acids is 3. The number of halogens is 1. The fourth-order valence-electron chi connectivity index (χ4n) is 8.32. The molecule has 0 aliphatic heterocycles. The summed E-state index contributed by atoms with van der Waals surface area (Å²) in [7, 11) is 0. The van der Waals surface area contributed by atoms with Crippen molar-refractivity contribution in [3.63, 3.8) is 0 Å². The van der Waals surface area contributed by atoms with Gasteiger partial charge in [0.05, 0.1) is 12.3 Å². The van der Waals surface area contributed by atoms with Crippen molar-refractivity contribution in [1.82, 2.24) is 9.55 Å². The summed E-state index contributed by atoms with van der Waals surface area (Å²) in [4.78, 5) is 63.6. The first-order chi connectivity index (χ1) is 19.0. The summed E-state index contributed by atoms with van der Waals surface area (Å²) < 4.78 is 25.1. The zero-order valence-electron chi connectivity index (χ0n) is 23.4. The number of ketones is 2. The molecule has 0 amide bonds. The number of aliphatic hydroxyl groups excluding tert-OH is 1. The molecule has 1 heterocycles. The average molecular weight is 575 g/mol. The van der Waals surface area contributed by atoms with E-state index < -0.39 is 63.9 Å². The average Bonchev–Trinajstić information content (AvgIpc) is 3.15. The van der Waals surface area contributed by atoms with E-state index in [9.17, 15) is 38.6 Å². The van der Waals surface area contributed by atoms with Crippen LogP contribution in [0.3, 0.4) is 0 Å². The minimum absolute atomic E-state index is 0.0194. The van der Waals surface area contributed by atoms with Crippen molar-refractivity contribution in [2.75, 3.05) is 6.61 Å². The van der Waals surface area contributed by atoms with Gasteiger partial charge in [0, 0.05) is 16.7 Å². The maximum Gasteiger partial charge on any atom is 0.422 e. The number of fused-ring (bicyclic) bond motifs is 5. The molecule has 7 unspecified atom stereocenters. The van der Waals surface area contributed by atoms with Crippen molar-refractivity contribution in [2.45, 2.75) is 77.3 Å². The highest BCUT2D eigenvalue weighted by atomic mass is 19.1. The van der Waals surface area contributed by atoms with Gasteiger partial charge in [-0.25, -0.2) is 14.2 Å². The van der Waals surface area contributed by atoms with Crippen LogP contribution < -0.4 is 11.2 Å². The van der Waals surface area contributed by atoms with Crippen LogP contribution in [-0.4, -0.2) is 61.5 Å². The molecule has 7 atom stereocenters. The number of carbonyl (C=O) groups is 3. The lowest BCUT2D eigenvalue weighted by Crippen LogP contribution is -2.64. The number of nitrogens with one attached hydrogen (secondary N) is 1. The number of aromatic nitrogens is 2. The molecule has 4 aliphatic carbocycles. The van der Waals surface area contributed by atoms with Crippen LogP contribution in [-0.2, 0) is 19.1 Å². The lowest BCUT2D eigenvalue weighted by atomic mass is 9.46. The maximum atomic E-state index is 14.0. The maximum absolute atomic E-state index is 14.0. The van der Waals surface area contributed by atoms with E-state index in [4.69, 9.17) is 9.47 Å². The van der Waals surface area contributed by atoms with Crippen molar-refractivity contribution in [1.29, 1.82) is 0 Å². The van der Waals surface area contributed by atoms with Crippen LogP contribution in [0.1, 0.15) is 59.8 Å². The Bertz CT molecular complexity index is 1490. The Morgan fingerprint density at radius 2 is 1.93 bits per heavy atom. The topological polar surface area (TPSA) is 165 Å². The fourth-order valence-corrected chi connectivity index (χ4v) is 8.32. The Labute approximate surface area is 235 Å². The van der Waals surface area contributed by atoms with Crippen LogP contribution in [0.15, 0.2) is 39.6 Å². The van der Waals surface area contributed by atoms with Gasteiger partial charge in [-0.05, 0) is 69.9 Å². The van der Waals surface area contributed by atoms with Gasteiger partial charge in [-0.3, -0.25) is 19.4 Å². The van der Waals surface area contributed by atoms with E-state index in [0.29, 0.717) is 25.5 Å². The Morgan fingerprint density at radius 3 is 2.61 bits per heavy atom. The number of Topliss-reactive ketones (excluding diaryl/α,β-unsaturated/α-hetero) is 1.